The van der Waals surface area contributed by atoms with Gasteiger partial charge in [0.05, 0.1) is 38.4 Å². The van der Waals surface area contributed by atoms with Crippen LogP contribution in [0.15, 0.2) is 54.9 Å². The van der Waals surface area contributed by atoms with E-state index in [0.717, 1.165) is 68.9 Å². The summed E-state index contributed by atoms with van der Waals surface area (Å²) in [5, 5.41) is 4.69. The Kier molecular flexibility index (Phi) is 7.75. The van der Waals surface area contributed by atoms with Crippen molar-refractivity contribution in [2.75, 3.05) is 56.5 Å². The van der Waals surface area contributed by atoms with Crippen LogP contribution in [0.25, 0.3) is 22.2 Å². The number of hydrogen-bond acceptors (Lipinski definition) is 8. The molecule has 12 heteroatoms. The molecule has 2 aliphatic heterocycles. The number of nitrogens with zero attached hydrogens (tertiary/aromatic N) is 6. The van der Waals surface area contributed by atoms with Gasteiger partial charge in [0.25, 0.3) is 0 Å². The first-order valence-electron chi connectivity index (χ1n) is 14.9. The number of hydrogen-bond donors (Lipinski definition) is 1. The van der Waals surface area contributed by atoms with E-state index in [1.165, 1.54) is 10.2 Å². The zero-order valence-electron chi connectivity index (χ0n) is 24.1. The maximum atomic E-state index is 13.2. The molecule has 2 aromatic heterocycles. The van der Waals surface area contributed by atoms with E-state index in [9.17, 15) is 8.42 Å². The number of nitrogens with one attached hydrogen (secondary N) is 1. The molecule has 4 aromatic rings. The summed E-state index contributed by atoms with van der Waals surface area (Å²) in [5.41, 5.74) is 3.51. The summed E-state index contributed by atoms with van der Waals surface area (Å²) in [4.78, 5) is 16.5. The van der Waals surface area contributed by atoms with Crippen LogP contribution in [-0.4, -0.2) is 89.8 Å². The van der Waals surface area contributed by atoms with E-state index in [-0.39, 0.29) is 5.25 Å². The monoisotopic (exact) mass is 639 g/mol. The molecule has 0 amide bonds. The van der Waals surface area contributed by atoms with Crippen molar-refractivity contribution in [3.63, 3.8) is 0 Å². The van der Waals surface area contributed by atoms with E-state index in [1.54, 1.807) is 6.20 Å². The summed E-state index contributed by atoms with van der Waals surface area (Å²) in [6.07, 6.45) is 6.81. The fraction of sp³-hybridized carbons (Fsp3) is 0.419. The van der Waals surface area contributed by atoms with Gasteiger partial charge in [-0.1, -0.05) is 41.4 Å². The van der Waals surface area contributed by atoms with Gasteiger partial charge in [0.2, 0.25) is 16.0 Å². The Labute approximate surface area is 262 Å². The van der Waals surface area contributed by atoms with Gasteiger partial charge < -0.3 is 15.1 Å². The molecule has 0 radical (unpaired) electrons. The lowest BCUT2D eigenvalue weighted by Gasteiger charge is -2.42. The average Bonchev–Trinajstić information content (AvgIpc) is 3.80. The summed E-state index contributed by atoms with van der Waals surface area (Å²) in [6, 6.07) is 14.0. The SMILES string of the molecule is CN1CCN(C2CCN(c3ccc(Nc4ncc(Cl)c(-c5cn(S(=O)(=O)C6CC6)c6ccccc56)n4)cc3Cl)CC2)CC1. The molecule has 0 atom stereocenters. The molecular formula is C31H35Cl2N7O2S. The normalized spacial score (nSPS) is 19.3. The minimum Gasteiger partial charge on any atom is -0.370 e. The fourth-order valence-corrected chi connectivity index (χ4v) is 8.55. The maximum absolute atomic E-state index is 13.2. The highest BCUT2D eigenvalue weighted by Gasteiger charge is 2.38. The lowest BCUT2D eigenvalue weighted by Crippen LogP contribution is -2.52. The van der Waals surface area contributed by atoms with Crippen LogP contribution in [-0.2, 0) is 10.0 Å². The van der Waals surface area contributed by atoms with Crippen molar-refractivity contribution >= 4 is 61.5 Å². The van der Waals surface area contributed by atoms with Crippen molar-refractivity contribution in [2.45, 2.75) is 37.0 Å². The van der Waals surface area contributed by atoms with Gasteiger partial charge in [0, 0.05) is 68.1 Å². The van der Waals surface area contributed by atoms with Gasteiger partial charge in [-0.3, -0.25) is 4.90 Å². The van der Waals surface area contributed by atoms with Crippen LogP contribution in [0.5, 0.6) is 0 Å². The minimum atomic E-state index is -3.49. The smallest absolute Gasteiger partial charge is 0.241 e. The van der Waals surface area contributed by atoms with Gasteiger partial charge in [-0.25, -0.2) is 22.4 Å². The van der Waals surface area contributed by atoms with Gasteiger partial charge >= 0.3 is 0 Å². The third-order valence-electron chi connectivity index (χ3n) is 8.96. The number of fused-ring (bicyclic) bond motifs is 1. The number of piperidine rings is 1. The summed E-state index contributed by atoms with van der Waals surface area (Å²) < 4.78 is 27.8. The Balaban J connectivity index is 1.09. The molecule has 2 aromatic carbocycles. The van der Waals surface area contributed by atoms with Crippen molar-refractivity contribution in [3.05, 3.63) is 64.9 Å². The Morgan fingerprint density at radius 1 is 0.907 bits per heavy atom. The topological polar surface area (TPSA) is 86.6 Å². The minimum absolute atomic E-state index is 0.339. The zero-order chi connectivity index (χ0) is 29.7. The highest BCUT2D eigenvalue weighted by Crippen LogP contribution is 2.39. The standard InChI is InChI=1S/C31H35Cl2N7O2S/c1-37-14-16-38(17-15-37)22-10-12-39(13-11-22)29-9-6-21(18-26(29)32)35-31-34-19-27(33)30(36-31)25-20-40(43(41,42)23-7-8-23)28-5-3-2-4-24(25)28/h2-6,9,18-20,22-23H,7-8,10-17H2,1H3,(H,34,35,36). The molecule has 3 aliphatic rings. The lowest BCUT2D eigenvalue weighted by atomic mass is 10.0. The van der Waals surface area contributed by atoms with E-state index >= 15 is 0 Å². The second-order valence-electron chi connectivity index (χ2n) is 11.8. The van der Waals surface area contributed by atoms with Crippen LogP contribution in [0.3, 0.4) is 0 Å². The van der Waals surface area contributed by atoms with Crippen LogP contribution in [0, 0.1) is 0 Å². The summed E-state index contributed by atoms with van der Waals surface area (Å²) in [5.74, 6) is 0.345. The molecule has 226 valence electrons. The highest BCUT2D eigenvalue weighted by molar-refractivity contribution is 7.91. The van der Waals surface area contributed by atoms with Crippen molar-refractivity contribution in [1.82, 2.24) is 23.7 Å². The summed E-state index contributed by atoms with van der Waals surface area (Å²) in [7, 11) is -1.29. The van der Waals surface area contributed by atoms with Crippen molar-refractivity contribution < 1.29 is 8.42 Å². The van der Waals surface area contributed by atoms with Crippen LogP contribution < -0.4 is 10.2 Å². The number of para-hydroxylation sites is 1. The lowest BCUT2D eigenvalue weighted by molar-refractivity contribution is 0.0982. The van der Waals surface area contributed by atoms with Crippen LogP contribution in [0.1, 0.15) is 25.7 Å². The molecule has 7 rings (SSSR count). The Hall–Kier alpha value is -2.89. The van der Waals surface area contributed by atoms with Crippen LogP contribution in [0.2, 0.25) is 10.0 Å². The number of anilines is 3. The maximum Gasteiger partial charge on any atom is 0.241 e. The molecule has 0 unspecified atom stereocenters. The third-order valence-corrected chi connectivity index (χ3v) is 11.7. The number of piperazine rings is 1. The molecule has 43 heavy (non-hydrogen) atoms. The number of likely N-dealkylation sites (N-methyl/N-ethyl adjacent to an activating group) is 1. The largest absolute Gasteiger partial charge is 0.370 e. The van der Waals surface area contributed by atoms with E-state index in [1.807, 2.05) is 42.5 Å². The molecule has 0 bridgehead atoms. The molecule has 1 N–H and O–H groups in total. The third kappa shape index (κ3) is 5.71. The summed E-state index contributed by atoms with van der Waals surface area (Å²) in [6.45, 7) is 6.56. The second kappa shape index (κ2) is 11.6. The van der Waals surface area contributed by atoms with Crippen LogP contribution >= 0.6 is 23.2 Å². The fourth-order valence-electron chi connectivity index (χ4n) is 6.32. The van der Waals surface area contributed by atoms with E-state index in [0.29, 0.717) is 51.7 Å². The predicted molar refractivity (Wildman–Crippen MR) is 174 cm³/mol. The molecule has 1 aliphatic carbocycles. The van der Waals surface area contributed by atoms with E-state index in [4.69, 9.17) is 28.2 Å². The molecule has 0 spiro atoms. The number of aromatic nitrogens is 3. The van der Waals surface area contributed by atoms with Crippen LogP contribution in [0.4, 0.5) is 17.3 Å². The Morgan fingerprint density at radius 2 is 1.65 bits per heavy atom. The van der Waals surface area contributed by atoms with Crippen molar-refractivity contribution in [2.24, 2.45) is 0 Å². The Bertz CT molecular complexity index is 1760. The zero-order valence-corrected chi connectivity index (χ0v) is 26.4. The van der Waals surface area contributed by atoms with Crippen molar-refractivity contribution in [1.29, 1.82) is 0 Å². The molecule has 4 heterocycles. The molecule has 2 saturated heterocycles. The average molecular weight is 641 g/mol. The quantitative estimate of drug-likeness (QED) is 0.275. The first kappa shape index (κ1) is 28.9. The molecule has 1 saturated carbocycles. The second-order valence-corrected chi connectivity index (χ2v) is 14.7. The Morgan fingerprint density at radius 3 is 2.37 bits per heavy atom. The van der Waals surface area contributed by atoms with Gasteiger partial charge in [0.15, 0.2) is 0 Å². The number of halogens is 2. The van der Waals surface area contributed by atoms with E-state index < -0.39 is 10.0 Å². The van der Waals surface area contributed by atoms with Gasteiger partial charge in [-0.05, 0) is 57.0 Å². The number of rotatable bonds is 7. The molecular weight excluding hydrogens is 605 g/mol. The first-order chi connectivity index (χ1) is 20.8. The molecule has 9 nitrogen and oxygen atoms in total. The summed E-state index contributed by atoms with van der Waals surface area (Å²) >= 11 is 13.4. The van der Waals surface area contributed by atoms with E-state index in [2.05, 4.69) is 32.0 Å². The predicted octanol–water partition coefficient (Wildman–Crippen LogP) is 5.71. The number of benzene rings is 2. The van der Waals surface area contributed by atoms with Crippen molar-refractivity contribution in [3.8, 4) is 11.3 Å². The van der Waals surface area contributed by atoms with Gasteiger partial charge in [0.1, 0.15) is 0 Å². The highest BCUT2D eigenvalue weighted by atomic mass is 35.5. The first-order valence-corrected chi connectivity index (χ1v) is 17.2. The molecule has 3 fully saturated rings. The van der Waals surface area contributed by atoms with Gasteiger partial charge in [-0.15, -0.1) is 0 Å². The van der Waals surface area contributed by atoms with Gasteiger partial charge in [-0.2, -0.15) is 0 Å².